The summed E-state index contributed by atoms with van der Waals surface area (Å²) in [4.78, 5) is 15.9. The quantitative estimate of drug-likeness (QED) is 0.795. The van der Waals surface area contributed by atoms with Crippen LogP contribution in [0, 0.1) is 5.82 Å². The molecular weight excluding hydrogens is 321 g/mol. The van der Waals surface area contributed by atoms with Crippen molar-refractivity contribution < 1.29 is 9.18 Å². The molecule has 1 aromatic carbocycles. The molecule has 0 unspecified atom stereocenters. The van der Waals surface area contributed by atoms with Gasteiger partial charge >= 0.3 is 0 Å². The lowest BCUT2D eigenvalue weighted by molar-refractivity contribution is 0.0991. The first-order valence-electron chi connectivity index (χ1n) is 5.15. The molecule has 0 saturated heterocycles. The van der Waals surface area contributed by atoms with E-state index in [0.29, 0.717) is 16.1 Å². The summed E-state index contributed by atoms with van der Waals surface area (Å²) < 4.78 is 13.5. The first kappa shape index (κ1) is 13.2. The molecule has 92 valence electrons. The highest BCUT2D eigenvalue weighted by molar-refractivity contribution is 9.10. The SMILES string of the molecule is O=C(Cc1ccncc1Cl)c1cccc(F)c1Br. The Labute approximate surface area is 117 Å². The number of benzene rings is 1. The second kappa shape index (κ2) is 5.59. The van der Waals surface area contributed by atoms with E-state index in [1.807, 2.05) is 0 Å². The first-order valence-corrected chi connectivity index (χ1v) is 6.32. The fourth-order valence-electron chi connectivity index (χ4n) is 1.53. The molecule has 0 radical (unpaired) electrons. The Balaban J connectivity index is 2.28. The van der Waals surface area contributed by atoms with Gasteiger partial charge in [-0.3, -0.25) is 9.78 Å². The van der Waals surface area contributed by atoms with Crippen LogP contribution in [0.1, 0.15) is 15.9 Å². The van der Waals surface area contributed by atoms with Gasteiger partial charge in [-0.2, -0.15) is 0 Å². The van der Waals surface area contributed by atoms with Crippen LogP contribution < -0.4 is 0 Å². The molecule has 0 spiro atoms. The molecule has 2 nitrogen and oxygen atoms in total. The number of halogens is 3. The fourth-order valence-corrected chi connectivity index (χ4v) is 2.21. The minimum atomic E-state index is -0.457. The van der Waals surface area contributed by atoms with Crippen LogP contribution in [0.25, 0.3) is 0 Å². The Morgan fingerprint density at radius 3 is 2.89 bits per heavy atom. The molecule has 1 heterocycles. The first-order chi connectivity index (χ1) is 8.59. The van der Waals surface area contributed by atoms with Crippen molar-refractivity contribution in [3.05, 3.63) is 63.1 Å². The van der Waals surface area contributed by atoms with Gasteiger partial charge in [0.05, 0.1) is 9.50 Å². The van der Waals surface area contributed by atoms with Crippen LogP contribution in [0.15, 0.2) is 41.1 Å². The van der Waals surface area contributed by atoms with Gasteiger partial charge in [0.25, 0.3) is 0 Å². The van der Waals surface area contributed by atoms with Crippen molar-refractivity contribution in [2.45, 2.75) is 6.42 Å². The molecule has 2 aromatic rings. The molecular formula is C13H8BrClFNO. The number of hydrogen-bond acceptors (Lipinski definition) is 2. The molecule has 0 N–H and O–H groups in total. The van der Waals surface area contributed by atoms with Gasteiger partial charge in [-0.15, -0.1) is 0 Å². The predicted octanol–water partition coefficient (Wildman–Crippen LogP) is 4.06. The highest BCUT2D eigenvalue weighted by Gasteiger charge is 2.14. The van der Waals surface area contributed by atoms with Crippen LogP contribution in [-0.2, 0) is 6.42 Å². The average Bonchev–Trinajstić information content (AvgIpc) is 2.35. The van der Waals surface area contributed by atoms with Gasteiger partial charge in [0.2, 0.25) is 0 Å². The van der Waals surface area contributed by atoms with Crippen molar-refractivity contribution in [3.8, 4) is 0 Å². The number of hydrogen-bond donors (Lipinski definition) is 0. The largest absolute Gasteiger partial charge is 0.294 e. The van der Waals surface area contributed by atoms with E-state index in [9.17, 15) is 9.18 Å². The standard InChI is InChI=1S/C13H8BrClFNO/c14-13-9(2-1-3-11(13)16)12(18)6-8-4-5-17-7-10(8)15/h1-5,7H,6H2. The Hall–Kier alpha value is -1.26. The van der Waals surface area contributed by atoms with Crippen molar-refractivity contribution in [1.29, 1.82) is 0 Å². The molecule has 1 aromatic heterocycles. The Morgan fingerprint density at radius 1 is 1.39 bits per heavy atom. The van der Waals surface area contributed by atoms with E-state index in [1.54, 1.807) is 18.3 Å². The second-order valence-electron chi connectivity index (χ2n) is 3.67. The van der Waals surface area contributed by atoms with E-state index >= 15 is 0 Å². The van der Waals surface area contributed by atoms with Gasteiger partial charge in [-0.05, 0) is 33.6 Å². The highest BCUT2D eigenvalue weighted by Crippen LogP contribution is 2.23. The van der Waals surface area contributed by atoms with Crippen LogP contribution >= 0.6 is 27.5 Å². The number of carbonyl (C=O) groups excluding carboxylic acids is 1. The third-order valence-corrected chi connectivity index (χ3v) is 3.61. The molecule has 0 amide bonds. The zero-order valence-electron chi connectivity index (χ0n) is 9.16. The van der Waals surface area contributed by atoms with E-state index in [4.69, 9.17) is 11.6 Å². The molecule has 0 aliphatic rings. The molecule has 5 heteroatoms. The molecule has 0 fully saturated rings. The summed E-state index contributed by atoms with van der Waals surface area (Å²) in [6.07, 6.45) is 3.16. The number of aromatic nitrogens is 1. The van der Waals surface area contributed by atoms with Gasteiger partial charge in [0.1, 0.15) is 5.82 Å². The maximum atomic E-state index is 13.3. The minimum absolute atomic E-state index is 0.114. The summed E-state index contributed by atoms with van der Waals surface area (Å²) in [7, 11) is 0. The van der Waals surface area contributed by atoms with E-state index in [0.717, 1.165) is 0 Å². The zero-order chi connectivity index (χ0) is 13.1. The van der Waals surface area contributed by atoms with Crippen molar-refractivity contribution in [1.82, 2.24) is 4.98 Å². The van der Waals surface area contributed by atoms with Crippen LogP contribution in [-0.4, -0.2) is 10.8 Å². The van der Waals surface area contributed by atoms with Gasteiger partial charge in [-0.25, -0.2) is 4.39 Å². The van der Waals surface area contributed by atoms with Crippen molar-refractivity contribution >= 4 is 33.3 Å². The van der Waals surface area contributed by atoms with Gasteiger partial charge in [0, 0.05) is 24.4 Å². The van der Waals surface area contributed by atoms with Crippen LogP contribution in [0.4, 0.5) is 4.39 Å². The van der Waals surface area contributed by atoms with E-state index in [-0.39, 0.29) is 16.7 Å². The topological polar surface area (TPSA) is 30.0 Å². The van der Waals surface area contributed by atoms with E-state index < -0.39 is 5.82 Å². The smallest absolute Gasteiger partial charge is 0.168 e. The summed E-state index contributed by atoms with van der Waals surface area (Å²) in [5.74, 6) is -0.656. The molecule has 0 bridgehead atoms. The maximum Gasteiger partial charge on any atom is 0.168 e. The number of nitrogens with zero attached hydrogens (tertiary/aromatic N) is 1. The van der Waals surface area contributed by atoms with Gasteiger partial charge in [0.15, 0.2) is 5.78 Å². The molecule has 18 heavy (non-hydrogen) atoms. The Morgan fingerprint density at radius 2 is 2.17 bits per heavy atom. The number of ketones is 1. The lowest BCUT2D eigenvalue weighted by Crippen LogP contribution is -2.06. The number of Topliss-reactive ketones (excluding diaryl/α,β-unsaturated/α-hetero) is 1. The Bertz CT molecular complexity index is 603. The molecule has 2 rings (SSSR count). The average molecular weight is 329 g/mol. The number of rotatable bonds is 3. The zero-order valence-corrected chi connectivity index (χ0v) is 11.5. The lowest BCUT2D eigenvalue weighted by Gasteiger charge is -2.05. The number of pyridine rings is 1. The monoisotopic (exact) mass is 327 g/mol. The van der Waals surface area contributed by atoms with Crippen molar-refractivity contribution in [2.24, 2.45) is 0 Å². The fraction of sp³-hybridized carbons (Fsp3) is 0.0769. The van der Waals surface area contributed by atoms with E-state index in [2.05, 4.69) is 20.9 Å². The van der Waals surface area contributed by atoms with Gasteiger partial charge < -0.3 is 0 Å². The molecule has 0 aliphatic heterocycles. The predicted molar refractivity (Wildman–Crippen MR) is 71.4 cm³/mol. The summed E-state index contributed by atoms with van der Waals surface area (Å²) in [5, 5.41) is 0.429. The normalized spacial score (nSPS) is 10.4. The maximum absolute atomic E-state index is 13.3. The van der Waals surface area contributed by atoms with Crippen molar-refractivity contribution in [3.63, 3.8) is 0 Å². The van der Waals surface area contributed by atoms with E-state index in [1.165, 1.54) is 18.3 Å². The third-order valence-electron chi connectivity index (χ3n) is 2.46. The molecule has 0 atom stereocenters. The Kier molecular flexibility index (Phi) is 4.09. The second-order valence-corrected chi connectivity index (χ2v) is 4.87. The van der Waals surface area contributed by atoms with Crippen LogP contribution in [0.3, 0.4) is 0 Å². The minimum Gasteiger partial charge on any atom is -0.294 e. The summed E-state index contributed by atoms with van der Waals surface area (Å²) in [6, 6.07) is 6.04. The lowest BCUT2D eigenvalue weighted by atomic mass is 10.0. The molecule has 0 saturated carbocycles. The van der Waals surface area contributed by atoms with Crippen molar-refractivity contribution in [2.75, 3.05) is 0 Å². The summed E-state index contributed by atoms with van der Waals surface area (Å²) >= 11 is 9.00. The third kappa shape index (κ3) is 2.76. The van der Waals surface area contributed by atoms with Crippen LogP contribution in [0.2, 0.25) is 5.02 Å². The summed E-state index contributed by atoms with van der Waals surface area (Å²) in [6.45, 7) is 0. The van der Waals surface area contributed by atoms with Crippen LogP contribution in [0.5, 0.6) is 0 Å². The highest BCUT2D eigenvalue weighted by atomic mass is 79.9. The number of carbonyl (C=O) groups is 1. The summed E-state index contributed by atoms with van der Waals surface area (Å²) in [5.41, 5.74) is 0.982. The van der Waals surface area contributed by atoms with Gasteiger partial charge in [-0.1, -0.05) is 23.7 Å². The molecule has 0 aliphatic carbocycles.